The van der Waals surface area contributed by atoms with E-state index in [0.717, 1.165) is 25.3 Å². The van der Waals surface area contributed by atoms with Gasteiger partial charge in [-0.1, -0.05) is 32.0 Å². The molecule has 0 spiro atoms. The van der Waals surface area contributed by atoms with Gasteiger partial charge in [-0.3, -0.25) is 0 Å². The number of para-hydroxylation sites is 1. The minimum atomic E-state index is -0.0211. The van der Waals surface area contributed by atoms with Gasteiger partial charge >= 0.3 is 0 Å². The zero-order chi connectivity index (χ0) is 12.6. The van der Waals surface area contributed by atoms with E-state index >= 15 is 0 Å². The second kappa shape index (κ2) is 7.30. The lowest BCUT2D eigenvalue weighted by Crippen LogP contribution is -2.36. The van der Waals surface area contributed by atoms with Crippen molar-refractivity contribution >= 4 is 0 Å². The third-order valence-electron chi connectivity index (χ3n) is 3.08. The summed E-state index contributed by atoms with van der Waals surface area (Å²) in [5.74, 6) is 0.898. The van der Waals surface area contributed by atoms with Crippen molar-refractivity contribution in [1.82, 2.24) is 5.32 Å². The van der Waals surface area contributed by atoms with Gasteiger partial charge < -0.3 is 15.2 Å². The maximum absolute atomic E-state index is 9.25. The van der Waals surface area contributed by atoms with Gasteiger partial charge in [0, 0.05) is 25.1 Å². The Balaban J connectivity index is 2.13. The van der Waals surface area contributed by atoms with Crippen LogP contribution in [0.25, 0.3) is 0 Å². The van der Waals surface area contributed by atoms with Crippen LogP contribution in [0.15, 0.2) is 30.3 Å². The van der Waals surface area contributed by atoms with E-state index in [1.165, 1.54) is 0 Å². The average molecular weight is 237 g/mol. The number of ether oxygens (including phenoxy) is 1. The minimum Gasteiger partial charge on any atom is -0.492 e. The van der Waals surface area contributed by atoms with E-state index in [2.05, 4.69) is 19.2 Å². The zero-order valence-corrected chi connectivity index (χ0v) is 10.8. The van der Waals surface area contributed by atoms with Crippen LogP contribution in [0.2, 0.25) is 0 Å². The van der Waals surface area contributed by atoms with Gasteiger partial charge in [0.15, 0.2) is 0 Å². The SMILES string of the molecule is CCC(C)(CO)CNCCOc1ccccc1. The van der Waals surface area contributed by atoms with Gasteiger partial charge in [-0.25, -0.2) is 0 Å². The lowest BCUT2D eigenvalue weighted by atomic mass is 9.89. The summed E-state index contributed by atoms with van der Waals surface area (Å²) in [6.45, 7) is 6.66. The molecule has 1 aromatic carbocycles. The Bertz CT molecular complexity index is 296. The molecule has 0 aliphatic carbocycles. The third kappa shape index (κ3) is 5.20. The molecule has 1 rings (SSSR count). The molecule has 0 saturated carbocycles. The Hall–Kier alpha value is -1.06. The largest absolute Gasteiger partial charge is 0.492 e. The first-order valence-corrected chi connectivity index (χ1v) is 6.19. The fraction of sp³-hybridized carbons (Fsp3) is 0.571. The number of aliphatic hydroxyl groups is 1. The molecule has 0 fully saturated rings. The summed E-state index contributed by atoms with van der Waals surface area (Å²) in [5.41, 5.74) is -0.0211. The van der Waals surface area contributed by atoms with Crippen molar-refractivity contribution in [3.8, 4) is 5.75 Å². The summed E-state index contributed by atoms with van der Waals surface area (Å²) in [4.78, 5) is 0. The lowest BCUT2D eigenvalue weighted by molar-refractivity contribution is 0.134. The Morgan fingerprint density at radius 2 is 2.00 bits per heavy atom. The number of rotatable bonds is 8. The Morgan fingerprint density at radius 3 is 2.59 bits per heavy atom. The van der Waals surface area contributed by atoms with Crippen LogP contribution in [-0.2, 0) is 0 Å². The fourth-order valence-electron chi connectivity index (χ4n) is 1.44. The van der Waals surface area contributed by atoms with E-state index in [1.54, 1.807) is 0 Å². The Kier molecular flexibility index (Phi) is 6.01. The first kappa shape index (κ1) is 14.0. The van der Waals surface area contributed by atoms with Crippen LogP contribution < -0.4 is 10.1 Å². The van der Waals surface area contributed by atoms with Crippen molar-refractivity contribution in [2.45, 2.75) is 20.3 Å². The highest BCUT2D eigenvalue weighted by Gasteiger charge is 2.19. The van der Waals surface area contributed by atoms with Crippen LogP contribution in [0.3, 0.4) is 0 Å². The number of nitrogens with one attached hydrogen (secondary N) is 1. The normalized spacial score (nSPS) is 14.3. The molecule has 0 heterocycles. The lowest BCUT2D eigenvalue weighted by Gasteiger charge is -2.25. The summed E-state index contributed by atoms with van der Waals surface area (Å²) in [5, 5.41) is 12.6. The molecule has 1 atom stereocenters. The summed E-state index contributed by atoms with van der Waals surface area (Å²) >= 11 is 0. The summed E-state index contributed by atoms with van der Waals surface area (Å²) < 4.78 is 5.56. The van der Waals surface area contributed by atoms with Gasteiger partial charge in [-0.2, -0.15) is 0 Å². The molecule has 96 valence electrons. The highest BCUT2D eigenvalue weighted by Crippen LogP contribution is 2.18. The highest BCUT2D eigenvalue weighted by molar-refractivity contribution is 5.20. The van der Waals surface area contributed by atoms with Gasteiger partial charge in [0.05, 0.1) is 0 Å². The molecule has 0 aliphatic heterocycles. The van der Waals surface area contributed by atoms with Crippen LogP contribution in [-0.4, -0.2) is 31.4 Å². The Labute approximate surface area is 104 Å². The third-order valence-corrected chi connectivity index (χ3v) is 3.08. The van der Waals surface area contributed by atoms with E-state index in [-0.39, 0.29) is 12.0 Å². The van der Waals surface area contributed by atoms with Crippen molar-refractivity contribution < 1.29 is 9.84 Å². The van der Waals surface area contributed by atoms with Crippen LogP contribution in [0.5, 0.6) is 5.75 Å². The van der Waals surface area contributed by atoms with E-state index in [1.807, 2.05) is 30.3 Å². The van der Waals surface area contributed by atoms with E-state index in [4.69, 9.17) is 4.74 Å². The maximum atomic E-state index is 9.25. The van der Waals surface area contributed by atoms with Crippen LogP contribution in [0.1, 0.15) is 20.3 Å². The Morgan fingerprint density at radius 1 is 1.29 bits per heavy atom. The second-order valence-electron chi connectivity index (χ2n) is 4.66. The van der Waals surface area contributed by atoms with Crippen molar-refractivity contribution in [3.63, 3.8) is 0 Å². The van der Waals surface area contributed by atoms with E-state index in [9.17, 15) is 5.11 Å². The molecule has 0 radical (unpaired) electrons. The molecule has 0 saturated heterocycles. The topological polar surface area (TPSA) is 41.5 Å². The molecule has 0 bridgehead atoms. The number of aliphatic hydroxyl groups excluding tert-OH is 1. The zero-order valence-electron chi connectivity index (χ0n) is 10.8. The molecule has 17 heavy (non-hydrogen) atoms. The van der Waals surface area contributed by atoms with Gasteiger partial charge in [0.1, 0.15) is 12.4 Å². The molecule has 0 aliphatic rings. The summed E-state index contributed by atoms with van der Waals surface area (Å²) in [6, 6.07) is 9.79. The fourth-order valence-corrected chi connectivity index (χ4v) is 1.44. The van der Waals surface area contributed by atoms with Crippen molar-refractivity contribution in [1.29, 1.82) is 0 Å². The molecule has 3 heteroatoms. The average Bonchev–Trinajstić information content (AvgIpc) is 2.39. The van der Waals surface area contributed by atoms with Crippen molar-refractivity contribution in [2.24, 2.45) is 5.41 Å². The summed E-state index contributed by atoms with van der Waals surface area (Å²) in [6.07, 6.45) is 0.968. The molecule has 0 amide bonds. The number of hydrogen-bond acceptors (Lipinski definition) is 3. The van der Waals surface area contributed by atoms with Crippen LogP contribution >= 0.6 is 0 Å². The van der Waals surface area contributed by atoms with Gasteiger partial charge in [-0.05, 0) is 18.6 Å². The predicted octanol–water partition coefficient (Wildman–Crippen LogP) is 2.06. The molecular formula is C14H23NO2. The van der Waals surface area contributed by atoms with Crippen molar-refractivity contribution in [2.75, 3.05) is 26.3 Å². The van der Waals surface area contributed by atoms with E-state index < -0.39 is 0 Å². The molecule has 0 aromatic heterocycles. The quantitative estimate of drug-likeness (QED) is 0.680. The van der Waals surface area contributed by atoms with Gasteiger partial charge in [0.2, 0.25) is 0 Å². The molecular weight excluding hydrogens is 214 g/mol. The standard InChI is InChI=1S/C14H23NO2/c1-3-14(2,12-16)11-15-9-10-17-13-7-5-4-6-8-13/h4-8,15-16H,3,9-12H2,1-2H3. The minimum absolute atomic E-state index is 0.0211. The maximum Gasteiger partial charge on any atom is 0.119 e. The molecule has 1 aromatic rings. The van der Waals surface area contributed by atoms with Crippen LogP contribution in [0.4, 0.5) is 0 Å². The summed E-state index contributed by atoms with van der Waals surface area (Å²) in [7, 11) is 0. The molecule has 2 N–H and O–H groups in total. The predicted molar refractivity (Wildman–Crippen MR) is 70.3 cm³/mol. The highest BCUT2D eigenvalue weighted by atomic mass is 16.5. The second-order valence-corrected chi connectivity index (χ2v) is 4.66. The number of benzene rings is 1. The van der Waals surface area contributed by atoms with Crippen molar-refractivity contribution in [3.05, 3.63) is 30.3 Å². The molecule has 1 unspecified atom stereocenters. The number of hydrogen-bond donors (Lipinski definition) is 2. The molecule has 3 nitrogen and oxygen atoms in total. The van der Waals surface area contributed by atoms with Gasteiger partial charge in [0.25, 0.3) is 0 Å². The van der Waals surface area contributed by atoms with E-state index in [0.29, 0.717) is 6.61 Å². The monoisotopic (exact) mass is 237 g/mol. The van der Waals surface area contributed by atoms with Gasteiger partial charge in [-0.15, -0.1) is 0 Å². The first-order valence-electron chi connectivity index (χ1n) is 6.19. The first-order chi connectivity index (χ1) is 8.20. The smallest absolute Gasteiger partial charge is 0.119 e. The van der Waals surface area contributed by atoms with Crippen LogP contribution in [0, 0.1) is 5.41 Å².